The maximum Gasteiger partial charge on any atom is 0.186 e. The summed E-state index contributed by atoms with van der Waals surface area (Å²) in [6, 6.07) is 5.72. The fraction of sp³-hybridized carbons (Fsp3) is 0.467. The summed E-state index contributed by atoms with van der Waals surface area (Å²) in [6.45, 7) is 7.52. The number of aliphatic hydroxyl groups is 1. The minimum Gasteiger partial charge on any atom is -0.389 e. The molecule has 20 heavy (non-hydrogen) atoms. The van der Waals surface area contributed by atoms with Crippen LogP contribution >= 0.6 is 15.9 Å². The van der Waals surface area contributed by atoms with Gasteiger partial charge in [-0.1, -0.05) is 29.8 Å². The Balaban J connectivity index is 2.63. The second-order valence-electron chi connectivity index (χ2n) is 6.00. The van der Waals surface area contributed by atoms with Crippen LogP contribution in [0.4, 0.5) is 0 Å². The Hall–Kier alpha value is -1.20. The summed E-state index contributed by atoms with van der Waals surface area (Å²) in [4.78, 5) is 12.3. The van der Waals surface area contributed by atoms with Crippen molar-refractivity contribution in [2.45, 2.75) is 39.8 Å². The lowest BCUT2D eigenvalue weighted by Gasteiger charge is -2.17. The lowest BCUT2D eigenvalue weighted by atomic mass is 10.0. The zero-order valence-corrected chi connectivity index (χ0v) is 13.7. The van der Waals surface area contributed by atoms with Crippen molar-refractivity contribution in [3.63, 3.8) is 0 Å². The third kappa shape index (κ3) is 3.10. The fourth-order valence-corrected chi connectivity index (χ4v) is 2.46. The Morgan fingerprint density at radius 2 is 2.10 bits per heavy atom. The normalized spacial score (nSPS) is 12.3. The largest absolute Gasteiger partial charge is 0.389 e. The maximum absolute atomic E-state index is 12.3. The van der Waals surface area contributed by atoms with E-state index in [9.17, 15) is 9.90 Å². The van der Waals surface area contributed by atoms with Crippen LogP contribution in [0.2, 0.25) is 0 Å². The first kappa shape index (κ1) is 15.2. The summed E-state index contributed by atoms with van der Waals surface area (Å²) < 4.78 is 2.61. The van der Waals surface area contributed by atoms with E-state index in [-0.39, 0.29) is 11.7 Å². The first-order valence-corrected chi connectivity index (χ1v) is 7.41. The summed E-state index contributed by atoms with van der Waals surface area (Å²) in [5.74, 6) is -0.0923. The molecular weight excluding hydrogens is 320 g/mol. The highest BCUT2D eigenvalue weighted by Gasteiger charge is 2.22. The number of aromatic nitrogens is 2. The molecule has 0 aliphatic rings. The lowest BCUT2D eigenvalue weighted by molar-refractivity contribution is 0.0587. The van der Waals surface area contributed by atoms with E-state index >= 15 is 0 Å². The van der Waals surface area contributed by atoms with Gasteiger partial charge in [0, 0.05) is 15.8 Å². The molecule has 0 saturated carbocycles. The standard InChI is InChI=1S/C15H19BrN2O2/c1-9(2)14(19)13-11-7-10(16)5-6-12(11)18(17-13)8-15(3,4)20/h5-7,9,20H,8H2,1-4H3. The highest BCUT2D eigenvalue weighted by atomic mass is 79.9. The molecule has 0 amide bonds. The van der Waals surface area contributed by atoms with Gasteiger partial charge in [-0.15, -0.1) is 0 Å². The zero-order chi connectivity index (χ0) is 15.1. The van der Waals surface area contributed by atoms with Crippen molar-refractivity contribution in [1.82, 2.24) is 9.78 Å². The monoisotopic (exact) mass is 338 g/mol. The molecule has 0 aliphatic heterocycles. The lowest BCUT2D eigenvalue weighted by Crippen LogP contribution is -2.26. The molecule has 1 N–H and O–H groups in total. The Labute approximate surface area is 126 Å². The second-order valence-corrected chi connectivity index (χ2v) is 6.91. The van der Waals surface area contributed by atoms with Crippen LogP contribution in [0.15, 0.2) is 22.7 Å². The molecule has 1 aromatic carbocycles. The number of carbonyl (C=O) groups is 1. The number of Topliss-reactive ketones (excluding diaryl/α,β-unsaturated/α-hetero) is 1. The quantitative estimate of drug-likeness (QED) is 0.869. The molecule has 5 heteroatoms. The van der Waals surface area contributed by atoms with Gasteiger partial charge >= 0.3 is 0 Å². The number of ketones is 1. The Morgan fingerprint density at radius 3 is 2.65 bits per heavy atom. The van der Waals surface area contributed by atoms with Gasteiger partial charge in [-0.05, 0) is 32.0 Å². The van der Waals surface area contributed by atoms with Crippen molar-refractivity contribution >= 4 is 32.6 Å². The van der Waals surface area contributed by atoms with Crippen LogP contribution in [-0.2, 0) is 6.54 Å². The van der Waals surface area contributed by atoms with Crippen LogP contribution in [0, 0.1) is 5.92 Å². The van der Waals surface area contributed by atoms with Gasteiger partial charge in [-0.2, -0.15) is 5.10 Å². The summed E-state index contributed by atoms with van der Waals surface area (Å²) in [5, 5.41) is 15.2. The molecule has 1 heterocycles. The molecule has 0 bridgehead atoms. The molecule has 0 fully saturated rings. The number of benzene rings is 1. The fourth-order valence-electron chi connectivity index (χ4n) is 2.09. The van der Waals surface area contributed by atoms with Gasteiger partial charge in [0.25, 0.3) is 0 Å². The number of hydrogen-bond donors (Lipinski definition) is 1. The van der Waals surface area contributed by atoms with Gasteiger partial charge in [0.15, 0.2) is 5.78 Å². The summed E-state index contributed by atoms with van der Waals surface area (Å²) in [6.07, 6.45) is 0. The van der Waals surface area contributed by atoms with E-state index in [2.05, 4.69) is 21.0 Å². The number of fused-ring (bicyclic) bond motifs is 1. The van der Waals surface area contributed by atoms with Gasteiger partial charge < -0.3 is 5.11 Å². The number of nitrogens with zero attached hydrogens (tertiary/aromatic N) is 2. The molecule has 2 aromatic rings. The molecule has 0 atom stereocenters. The number of rotatable bonds is 4. The van der Waals surface area contributed by atoms with E-state index in [1.807, 2.05) is 32.0 Å². The predicted molar refractivity (Wildman–Crippen MR) is 82.9 cm³/mol. The van der Waals surface area contributed by atoms with Gasteiger partial charge in [0.1, 0.15) is 5.69 Å². The molecule has 0 unspecified atom stereocenters. The summed E-state index contributed by atoms with van der Waals surface area (Å²) in [7, 11) is 0. The van der Waals surface area contributed by atoms with Gasteiger partial charge in [-0.25, -0.2) is 0 Å². The van der Waals surface area contributed by atoms with Crippen LogP contribution < -0.4 is 0 Å². The Bertz CT molecular complexity index is 654. The molecule has 4 nitrogen and oxygen atoms in total. The van der Waals surface area contributed by atoms with Crippen LogP contribution in [0.1, 0.15) is 38.2 Å². The molecule has 108 valence electrons. The van der Waals surface area contributed by atoms with Crippen LogP contribution in [0.5, 0.6) is 0 Å². The zero-order valence-electron chi connectivity index (χ0n) is 12.1. The molecule has 0 spiro atoms. The van der Waals surface area contributed by atoms with E-state index in [4.69, 9.17) is 0 Å². The minimum absolute atomic E-state index is 0.0163. The SMILES string of the molecule is CC(C)C(=O)c1nn(CC(C)(C)O)c2ccc(Br)cc12. The van der Waals surface area contributed by atoms with E-state index in [0.29, 0.717) is 12.2 Å². The summed E-state index contributed by atoms with van der Waals surface area (Å²) >= 11 is 3.43. The van der Waals surface area contributed by atoms with Crippen molar-refractivity contribution in [2.24, 2.45) is 5.92 Å². The van der Waals surface area contributed by atoms with Crippen molar-refractivity contribution in [1.29, 1.82) is 0 Å². The molecule has 1 aromatic heterocycles. The number of carbonyl (C=O) groups excluding carboxylic acids is 1. The summed E-state index contributed by atoms with van der Waals surface area (Å²) in [5.41, 5.74) is 0.448. The molecule has 0 radical (unpaired) electrons. The average Bonchev–Trinajstić information content (AvgIpc) is 2.64. The first-order chi connectivity index (χ1) is 9.19. The van der Waals surface area contributed by atoms with Crippen LogP contribution in [0.3, 0.4) is 0 Å². The van der Waals surface area contributed by atoms with Crippen molar-refractivity contribution in [3.05, 3.63) is 28.4 Å². The first-order valence-electron chi connectivity index (χ1n) is 6.62. The second kappa shape index (κ2) is 5.30. The maximum atomic E-state index is 12.3. The minimum atomic E-state index is -0.885. The third-order valence-electron chi connectivity index (χ3n) is 3.01. The van der Waals surface area contributed by atoms with E-state index < -0.39 is 5.60 Å². The van der Waals surface area contributed by atoms with Crippen molar-refractivity contribution in [2.75, 3.05) is 0 Å². The Kier molecular flexibility index (Phi) is 4.02. The van der Waals surface area contributed by atoms with Crippen LogP contribution in [0.25, 0.3) is 10.9 Å². The molecule has 2 rings (SSSR count). The highest BCUT2D eigenvalue weighted by Crippen LogP contribution is 2.26. The molecule has 0 saturated heterocycles. The molecule has 0 aliphatic carbocycles. The van der Waals surface area contributed by atoms with Crippen molar-refractivity contribution < 1.29 is 9.90 Å². The van der Waals surface area contributed by atoms with E-state index in [0.717, 1.165) is 15.4 Å². The van der Waals surface area contributed by atoms with Crippen molar-refractivity contribution in [3.8, 4) is 0 Å². The molecular formula is C15H19BrN2O2. The predicted octanol–water partition coefficient (Wildman–Crippen LogP) is 3.41. The van der Waals surface area contributed by atoms with Gasteiger partial charge in [0.2, 0.25) is 0 Å². The third-order valence-corrected chi connectivity index (χ3v) is 3.50. The number of halogens is 1. The van der Waals surface area contributed by atoms with Gasteiger partial charge in [-0.3, -0.25) is 9.48 Å². The van der Waals surface area contributed by atoms with E-state index in [1.54, 1.807) is 18.5 Å². The van der Waals surface area contributed by atoms with E-state index in [1.165, 1.54) is 0 Å². The topological polar surface area (TPSA) is 55.1 Å². The highest BCUT2D eigenvalue weighted by molar-refractivity contribution is 9.10. The number of hydrogen-bond acceptors (Lipinski definition) is 3. The van der Waals surface area contributed by atoms with Gasteiger partial charge in [0.05, 0.1) is 17.7 Å². The average molecular weight is 339 g/mol. The van der Waals surface area contributed by atoms with Crippen LogP contribution in [-0.4, -0.2) is 26.3 Å². The smallest absolute Gasteiger partial charge is 0.186 e. The Morgan fingerprint density at radius 1 is 1.45 bits per heavy atom.